The second kappa shape index (κ2) is 5.09. The molecule has 90 valence electrons. The van der Waals surface area contributed by atoms with E-state index in [-0.39, 0.29) is 0 Å². The van der Waals surface area contributed by atoms with Crippen molar-refractivity contribution >= 4 is 17.7 Å². The van der Waals surface area contributed by atoms with E-state index in [0.29, 0.717) is 5.95 Å². The number of thioether (sulfide) groups is 1. The normalized spacial score (nSPS) is 10.5. The maximum absolute atomic E-state index is 5.61. The summed E-state index contributed by atoms with van der Waals surface area (Å²) in [5, 5.41) is 8.61. The lowest BCUT2D eigenvalue weighted by Crippen LogP contribution is -1.98. The van der Waals surface area contributed by atoms with Crippen LogP contribution >= 0.6 is 11.8 Å². The largest absolute Gasteiger partial charge is 0.497 e. The molecule has 2 aromatic rings. The van der Waals surface area contributed by atoms with Crippen LogP contribution in [0.1, 0.15) is 5.56 Å². The molecule has 2 N–H and O–H groups in total. The van der Waals surface area contributed by atoms with Gasteiger partial charge >= 0.3 is 0 Å². The van der Waals surface area contributed by atoms with Crippen LogP contribution in [-0.4, -0.2) is 21.9 Å². The van der Waals surface area contributed by atoms with Gasteiger partial charge in [-0.2, -0.15) is 0 Å². The van der Waals surface area contributed by atoms with Gasteiger partial charge in [-0.05, 0) is 17.7 Å². The molecule has 1 heterocycles. The predicted octanol–water partition coefficient (Wildman–Crippen LogP) is 1.70. The van der Waals surface area contributed by atoms with E-state index in [0.717, 1.165) is 16.7 Å². The second-order valence-electron chi connectivity index (χ2n) is 3.54. The summed E-state index contributed by atoms with van der Waals surface area (Å²) < 4.78 is 6.94. The molecule has 0 bridgehead atoms. The topological polar surface area (TPSA) is 66.0 Å². The van der Waals surface area contributed by atoms with Crippen molar-refractivity contribution in [3.8, 4) is 5.75 Å². The molecule has 0 unspecified atom stereocenters. The molecule has 17 heavy (non-hydrogen) atoms. The standard InChI is InChI=1S/C11H14N4OS/c1-15-10(12)13-14-11(15)17-7-8-4-3-5-9(6-8)16-2/h3-6H,7H2,1-2H3,(H2,12,13). The maximum Gasteiger partial charge on any atom is 0.222 e. The molecule has 0 atom stereocenters. The number of hydrogen-bond acceptors (Lipinski definition) is 5. The third-order valence-corrected chi connectivity index (χ3v) is 3.46. The van der Waals surface area contributed by atoms with Gasteiger partial charge in [-0.15, -0.1) is 10.2 Å². The molecule has 6 heteroatoms. The van der Waals surface area contributed by atoms with E-state index in [1.54, 1.807) is 23.4 Å². The summed E-state index contributed by atoms with van der Waals surface area (Å²) in [4.78, 5) is 0. The summed E-state index contributed by atoms with van der Waals surface area (Å²) in [6.07, 6.45) is 0. The van der Waals surface area contributed by atoms with Gasteiger partial charge in [0.05, 0.1) is 7.11 Å². The summed E-state index contributed by atoms with van der Waals surface area (Å²) in [5.74, 6) is 2.10. The first-order valence-corrected chi connectivity index (χ1v) is 6.10. The molecule has 0 radical (unpaired) electrons. The average Bonchev–Trinajstić information content (AvgIpc) is 2.68. The van der Waals surface area contributed by atoms with Crippen molar-refractivity contribution < 1.29 is 4.74 Å². The van der Waals surface area contributed by atoms with Crippen LogP contribution in [0, 0.1) is 0 Å². The molecule has 0 amide bonds. The minimum absolute atomic E-state index is 0.429. The Morgan fingerprint density at radius 1 is 1.41 bits per heavy atom. The number of nitrogen functional groups attached to an aromatic ring is 1. The van der Waals surface area contributed by atoms with Crippen LogP contribution in [0.25, 0.3) is 0 Å². The summed E-state index contributed by atoms with van der Waals surface area (Å²) >= 11 is 1.59. The quantitative estimate of drug-likeness (QED) is 0.837. The number of nitrogens with two attached hydrogens (primary N) is 1. The van der Waals surface area contributed by atoms with Crippen LogP contribution in [0.5, 0.6) is 5.75 Å². The third-order valence-electron chi connectivity index (χ3n) is 2.37. The lowest BCUT2D eigenvalue weighted by atomic mass is 10.2. The monoisotopic (exact) mass is 250 g/mol. The molecular formula is C11H14N4OS. The van der Waals surface area contributed by atoms with E-state index in [2.05, 4.69) is 16.3 Å². The number of methoxy groups -OCH3 is 1. The second-order valence-corrected chi connectivity index (χ2v) is 4.48. The van der Waals surface area contributed by atoms with Crippen molar-refractivity contribution in [1.82, 2.24) is 14.8 Å². The van der Waals surface area contributed by atoms with E-state index in [9.17, 15) is 0 Å². The highest BCUT2D eigenvalue weighted by Crippen LogP contribution is 2.23. The first-order valence-electron chi connectivity index (χ1n) is 5.11. The highest BCUT2D eigenvalue weighted by atomic mass is 32.2. The van der Waals surface area contributed by atoms with Gasteiger partial charge in [0.25, 0.3) is 0 Å². The lowest BCUT2D eigenvalue weighted by Gasteiger charge is -2.04. The summed E-state index contributed by atoms with van der Waals surface area (Å²) in [7, 11) is 3.51. The molecule has 0 aliphatic heterocycles. The number of ether oxygens (including phenoxy) is 1. The highest BCUT2D eigenvalue weighted by Gasteiger charge is 2.06. The van der Waals surface area contributed by atoms with Crippen LogP contribution in [0.15, 0.2) is 29.4 Å². The summed E-state index contributed by atoms with van der Waals surface area (Å²) in [5.41, 5.74) is 6.79. The van der Waals surface area contributed by atoms with Gasteiger partial charge in [0.1, 0.15) is 5.75 Å². The van der Waals surface area contributed by atoms with E-state index < -0.39 is 0 Å². The highest BCUT2D eigenvalue weighted by molar-refractivity contribution is 7.98. The van der Waals surface area contributed by atoms with E-state index in [4.69, 9.17) is 10.5 Å². The molecule has 0 aliphatic carbocycles. The molecular weight excluding hydrogens is 236 g/mol. The van der Waals surface area contributed by atoms with Crippen molar-refractivity contribution in [3.05, 3.63) is 29.8 Å². The molecule has 1 aromatic carbocycles. The minimum atomic E-state index is 0.429. The number of nitrogens with zero attached hydrogens (tertiary/aromatic N) is 3. The minimum Gasteiger partial charge on any atom is -0.497 e. The molecule has 0 fully saturated rings. The molecule has 0 saturated heterocycles. The fourth-order valence-electron chi connectivity index (χ4n) is 1.36. The molecule has 2 rings (SSSR count). The van der Waals surface area contributed by atoms with Gasteiger partial charge in [-0.3, -0.25) is 4.57 Å². The first-order chi connectivity index (χ1) is 8.20. The third kappa shape index (κ3) is 2.71. The lowest BCUT2D eigenvalue weighted by molar-refractivity contribution is 0.414. The molecule has 0 aliphatic rings. The van der Waals surface area contributed by atoms with Crippen molar-refractivity contribution in [3.63, 3.8) is 0 Å². The Kier molecular flexibility index (Phi) is 3.53. The number of aromatic nitrogens is 3. The van der Waals surface area contributed by atoms with Crippen molar-refractivity contribution in [1.29, 1.82) is 0 Å². The molecule has 0 spiro atoms. The Hall–Kier alpha value is -1.69. The van der Waals surface area contributed by atoms with Gasteiger partial charge in [0.15, 0.2) is 5.16 Å². The Bertz CT molecular complexity index is 512. The Balaban J connectivity index is 2.04. The number of hydrogen-bond donors (Lipinski definition) is 1. The van der Waals surface area contributed by atoms with E-state index in [1.807, 2.05) is 25.2 Å². The van der Waals surface area contributed by atoms with Crippen molar-refractivity contribution in [2.75, 3.05) is 12.8 Å². The van der Waals surface area contributed by atoms with Gasteiger partial charge in [-0.1, -0.05) is 23.9 Å². The Morgan fingerprint density at radius 3 is 2.88 bits per heavy atom. The van der Waals surface area contributed by atoms with Crippen LogP contribution < -0.4 is 10.5 Å². The smallest absolute Gasteiger partial charge is 0.222 e. The summed E-state index contributed by atoms with van der Waals surface area (Å²) in [6, 6.07) is 7.95. The number of benzene rings is 1. The zero-order valence-corrected chi connectivity index (χ0v) is 10.6. The van der Waals surface area contributed by atoms with Gasteiger partial charge in [-0.25, -0.2) is 0 Å². The maximum atomic E-state index is 5.61. The average molecular weight is 250 g/mol. The Morgan fingerprint density at radius 2 is 2.24 bits per heavy atom. The molecule has 5 nitrogen and oxygen atoms in total. The van der Waals surface area contributed by atoms with E-state index >= 15 is 0 Å². The summed E-state index contributed by atoms with van der Waals surface area (Å²) in [6.45, 7) is 0. The fraction of sp³-hybridized carbons (Fsp3) is 0.273. The zero-order valence-electron chi connectivity index (χ0n) is 9.75. The number of anilines is 1. The SMILES string of the molecule is COc1cccc(CSc2nnc(N)n2C)c1. The Labute approximate surface area is 104 Å². The van der Waals surface area contributed by atoms with Gasteiger partial charge < -0.3 is 10.5 Å². The predicted molar refractivity (Wildman–Crippen MR) is 68.0 cm³/mol. The zero-order chi connectivity index (χ0) is 12.3. The van der Waals surface area contributed by atoms with Gasteiger partial charge in [0, 0.05) is 12.8 Å². The number of rotatable bonds is 4. The van der Waals surface area contributed by atoms with Crippen LogP contribution in [0.2, 0.25) is 0 Å². The first kappa shape index (κ1) is 11.8. The van der Waals surface area contributed by atoms with Crippen molar-refractivity contribution in [2.24, 2.45) is 7.05 Å². The van der Waals surface area contributed by atoms with Gasteiger partial charge in [0.2, 0.25) is 5.95 Å². The molecule has 0 saturated carbocycles. The van der Waals surface area contributed by atoms with Crippen molar-refractivity contribution in [2.45, 2.75) is 10.9 Å². The van der Waals surface area contributed by atoms with Crippen LogP contribution in [0.4, 0.5) is 5.95 Å². The van der Waals surface area contributed by atoms with Crippen LogP contribution in [0.3, 0.4) is 0 Å². The fourth-order valence-corrected chi connectivity index (χ4v) is 2.22. The van der Waals surface area contributed by atoms with Crippen LogP contribution in [-0.2, 0) is 12.8 Å². The van der Waals surface area contributed by atoms with E-state index in [1.165, 1.54) is 5.56 Å². The molecule has 1 aromatic heterocycles.